The molecule has 1 N–H and O–H groups in total. The Bertz CT molecular complexity index is 655. The molecule has 1 aromatic rings. The zero-order valence-electron chi connectivity index (χ0n) is 12.7. The zero-order valence-corrected chi connectivity index (χ0v) is 13.6. The number of carbonyl (C=O) groups is 2. The summed E-state index contributed by atoms with van der Waals surface area (Å²) in [5.74, 6) is -0.890. The molecule has 1 atom stereocenters. The highest BCUT2D eigenvalue weighted by atomic mass is 32.2. The van der Waals surface area contributed by atoms with Gasteiger partial charge in [-0.2, -0.15) is 5.10 Å². The lowest BCUT2D eigenvalue weighted by Crippen LogP contribution is -2.31. The van der Waals surface area contributed by atoms with Gasteiger partial charge in [0.25, 0.3) is 0 Å². The van der Waals surface area contributed by atoms with E-state index in [4.69, 9.17) is 4.74 Å². The Morgan fingerprint density at radius 3 is 2.70 bits per heavy atom. The summed E-state index contributed by atoms with van der Waals surface area (Å²) in [5, 5.41) is 20.6. The first-order valence-electron chi connectivity index (χ1n) is 7.02. The molecule has 1 aromatic carbocycles. The van der Waals surface area contributed by atoms with Crippen LogP contribution in [-0.2, 0) is 9.59 Å². The number of rotatable bonds is 6. The van der Waals surface area contributed by atoms with E-state index in [9.17, 15) is 14.7 Å². The van der Waals surface area contributed by atoms with E-state index in [-0.39, 0.29) is 11.6 Å². The molecule has 1 saturated heterocycles. The molecule has 1 aliphatic rings. The second-order valence-electron chi connectivity index (χ2n) is 4.72. The van der Waals surface area contributed by atoms with Gasteiger partial charge >= 0.3 is 0 Å². The molecule has 1 aliphatic heterocycles. The topological polar surface area (TPSA) is 103 Å². The van der Waals surface area contributed by atoms with Crippen LogP contribution in [-0.4, -0.2) is 34.6 Å². The molecule has 1 heterocycles. The van der Waals surface area contributed by atoms with Gasteiger partial charge in [-0.25, -0.2) is 0 Å². The van der Waals surface area contributed by atoms with E-state index in [0.717, 1.165) is 23.1 Å². The monoisotopic (exact) mass is 334 g/mol. The van der Waals surface area contributed by atoms with Crippen molar-refractivity contribution in [1.29, 1.82) is 0 Å². The first kappa shape index (κ1) is 17.0. The number of benzene rings is 1. The number of ether oxygens (including phenoxy) is 1. The van der Waals surface area contributed by atoms with E-state index < -0.39 is 17.1 Å². The molecule has 0 radical (unpaired) electrons. The molecule has 23 heavy (non-hydrogen) atoms. The summed E-state index contributed by atoms with van der Waals surface area (Å²) in [6.07, 6.45) is -0.350. The summed E-state index contributed by atoms with van der Waals surface area (Å²) < 4.78 is 5.37. The molecule has 0 bridgehead atoms. The Morgan fingerprint density at radius 1 is 1.39 bits per heavy atom. The van der Waals surface area contributed by atoms with Crippen molar-refractivity contribution in [2.75, 3.05) is 6.61 Å². The molecule has 1 amide bonds. The van der Waals surface area contributed by atoms with Crippen LogP contribution in [0.2, 0.25) is 0 Å². The van der Waals surface area contributed by atoms with Crippen LogP contribution in [0, 0.1) is 0 Å². The van der Waals surface area contributed by atoms with Gasteiger partial charge in [0.2, 0.25) is 5.91 Å². The zero-order chi connectivity index (χ0) is 16.8. The van der Waals surface area contributed by atoms with Gasteiger partial charge in [0, 0.05) is 12.4 Å². The average Bonchev–Trinajstić information content (AvgIpc) is 2.85. The van der Waals surface area contributed by atoms with Crippen LogP contribution in [0.1, 0.15) is 25.8 Å². The number of carboxylic acid groups (broad SMARTS) is 1. The quantitative estimate of drug-likeness (QED) is 0.604. The van der Waals surface area contributed by atoms with Crippen LogP contribution in [0.5, 0.6) is 5.75 Å². The number of thioether (sulfide) groups is 1. The van der Waals surface area contributed by atoms with E-state index in [2.05, 4.69) is 15.5 Å². The summed E-state index contributed by atoms with van der Waals surface area (Å²) in [4.78, 5) is 22.1. The standard InChI is InChI=1S/C15H17N3O4S/c1-3-22-11-6-4-10(5-7-11)9(2)17-18-15-16-14(21)12(23-15)8-13(19)20/h4-7,12H,3,8H2,1-2H3,(H,19,20)(H,16,18,21)/p-1/b17-9+. The number of aliphatic carboxylic acids is 1. The number of amides is 1. The van der Waals surface area contributed by atoms with E-state index in [0.29, 0.717) is 12.3 Å². The lowest BCUT2D eigenvalue weighted by atomic mass is 10.1. The van der Waals surface area contributed by atoms with Crippen molar-refractivity contribution in [3.05, 3.63) is 29.8 Å². The van der Waals surface area contributed by atoms with E-state index in [1.807, 2.05) is 31.2 Å². The lowest BCUT2D eigenvalue weighted by Gasteiger charge is -2.04. The number of nitrogens with zero attached hydrogens (tertiary/aromatic N) is 2. The molecule has 122 valence electrons. The van der Waals surface area contributed by atoms with Gasteiger partial charge in [0.15, 0.2) is 5.17 Å². The van der Waals surface area contributed by atoms with E-state index in [1.165, 1.54) is 0 Å². The van der Waals surface area contributed by atoms with Crippen LogP contribution in [0.15, 0.2) is 34.5 Å². The van der Waals surface area contributed by atoms with Crippen molar-refractivity contribution in [1.82, 2.24) is 5.32 Å². The number of amidine groups is 1. The molecule has 2 rings (SSSR count). The maximum Gasteiger partial charge on any atom is 0.239 e. The maximum absolute atomic E-state index is 11.6. The van der Waals surface area contributed by atoms with Crippen LogP contribution in [0.25, 0.3) is 0 Å². The molecule has 0 aromatic heterocycles. The molecular weight excluding hydrogens is 318 g/mol. The summed E-state index contributed by atoms with van der Waals surface area (Å²) in [6.45, 7) is 4.31. The van der Waals surface area contributed by atoms with Gasteiger partial charge in [-0.1, -0.05) is 11.8 Å². The van der Waals surface area contributed by atoms with E-state index >= 15 is 0 Å². The predicted molar refractivity (Wildman–Crippen MR) is 86.4 cm³/mol. The van der Waals surface area contributed by atoms with Crippen molar-refractivity contribution in [2.24, 2.45) is 10.2 Å². The Balaban J connectivity index is 2.03. The van der Waals surface area contributed by atoms with E-state index in [1.54, 1.807) is 6.92 Å². The van der Waals surface area contributed by atoms with Crippen LogP contribution >= 0.6 is 11.8 Å². The van der Waals surface area contributed by atoms with Crippen molar-refractivity contribution in [3.8, 4) is 5.75 Å². The summed E-state index contributed by atoms with van der Waals surface area (Å²) in [5.41, 5.74) is 1.54. The Hall–Kier alpha value is -2.35. The molecule has 7 nitrogen and oxygen atoms in total. The molecule has 0 saturated carbocycles. The van der Waals surface area contributed by atoms with Gasteiger partial charge in [0.1, 0.15) is 5.75 Å². The van der Waals surface area contributed by atoms with Gasteiger partial charge in [-0.15, -0.1) is 5.10 Å². The fraction of sp³-hybridized carbons (Fsp3) is 0.333. The average molecular weight is 334 g/mol. The predicted octanol–water partition coefficient (Wildman–Crippen LogP) is 0.537. The highest BCUT2D eigenvalue weighted by molar-refractivity contribution is 8.15. The van der Waals surface area contributed by atoms with Crippen molar-refractivity contribution in [3.63, 3.8) is 0 Å². The molecule has 8 heteroatoms. The third-order valence-corrected chi connectivity index (χ3v) is 4.07. The molecule has 1 fully saturated rings. The maximum atomic E-state index is 11.6. The normalized spacial score (nSPS) is 19.7. The fourth-order valence-electron chi connectivity index (χ4n) is 1.88. The molecule has 0 spiro atoms. The van der Waals surface area contributed by atoms with Crippen molar-refractivity contribution in [2.45, 2.75) is 25.5 Å². The minimum Gasteiger partial charge on any atom is -0.550 e. The number of nitrogens with one attached hydrogen (secondary N) is 1. The molecule has 0 aliphatic carbocycles. The first-order valence-corrected chi connectivity index (χ1v) is 7.90. The van der Waals surface area contributed by atoms with Crippen molar-refractivity contribution < 1.29 is 19.4 Å². The van der Waals surface area contributed by atoms with Crippen molar-refractivity contribution >= 4 is 34.5 Å². The molecular formula is C15H16N3O4S-. The highest BCUT2D eigenvalue weighted by Crippen LogP contribution is 2.22. The third-order valence-electron chi connectivity index (χ3n) is 3.00. The second kappa shape index (κ2) is 7.77. The smallest absolute Gasteiger partial charge is 0.239 e. The van der Waals surface area contributed by atoms with Crippen LogP contribution in [0.4, 0.5) is 0 Å². The van der Waals surface area contributed by atoms with Gasteiger partial charge < -0.3 is 20.0 Å². The SMILES string of the molecule is CCOc1ccc(/C(C)=N/N=C2/NC(=O)C(CC(=O)[O-])S2)cc1. The van der Waals surface area contributed by atoms with Crippen LogP contribution < -0.4 is 15.2 Å². The summed E-state index contributed by atoms with van der Waals surface area (Å²) >= 11 is 1.03. The highest BCUT2D eigenvalue weighted by Gasteiger charge is 2.30. The Kier molecular flexibility index (Phi) is 5.75. The fourth-order valence-corrected chi connectivity index (χ4v) is 2.78. The summed E-state index contributed by atoms with van der Waals surface area (Å²) in [7, 11) is 0. The second-order valence-corrected chi connectivity index (χ2v) is 5.91. The van der Waals surface area contributed by atoms with Gasteiger partial charge in [-0.3, -0.25) is 4.79 Å². The third kappa shape index (κ3) is 4.82. The Morgan fingerprint density at radius 2 is 2.09 bits per heavy atom. The molecule has 1 unspecified atom stereocenters. The first-order chi connectivity index (χ1) is 11.0. The Labute approximate surface area is 137 Å². The lowest BCUT2D eigenvalue weighted by molar-refractivity contribution is -0.305. The largest absolute Gasteiger partial charge is 0.550 e. The summed E-state index contributed by atoms with van der Waals surface area (Å²) in [6, 6.07) is 7.41. The van der Waals surface area contributed by atoms with Gasteiger partial charge in [-0.05, 0) is 43.7 Å². The number of carbonyl (C=O) groups excluding carboxylic acids is 2. The number of hydrogen-bond donors (Lipinski definition) is 1. The van der Waals surface area contributed by atoms with Crippen LogP contribution in [0.3, 0.4) is 0 Å². The minimum atomic E-state index is -1.27. The number of hydrogen-bond acceptors (Lipinski definition) is 7. The minimum absolute atomic E-state index is 0.284. The van der Waals surface area contributed by atoms with Gasteiger partial charge in [0.05, 0.1) is 17.6 Å². The number of carboxylic acids is 1.